The van der Waals surface area contributed by atoms with Gasteiger partial charge in [-0.3, -0.25) is 0 Å². The quantitative estimate of drug-likeness (QED) is 0.602. The molecule has 0 N–H and O–H groups in total. The summed E-state index contributed by atoms with van der Waals surface area (Å²) in [5, 5.41) is 0. The summed E-state index contributed by atoms with van der Waals surface area (Å²) in [6.45, 7) is 3.76. The van der Waals surface area contributed by atoms with E-state index < -0.39 is 0 Å². The van der Waals surface area contributed by atoms with Crippen molar-refractivity contribution in [3.8, 4) is 0 Å². The van der Waals surface area contributed by atoms with Crippen molar-refractivity contribution >= 4 is 29.1 Å². The third-order valence-corrected chi connectivity index (χ3v) is 4.88. The molecule has 0 aliphatic carbocycles. The molecule has 0 bridgehead atoms. The Kier molecular flexibility index (Phi) is 4.82. The van der Waals surface area contributed by atoms with Gasteiger partial charge in [0.25, 0.3) is 0 Å². The highest BCUT2D eigenvalue weighted by atomic mass is 32.2. The predicted octanol–water partition coefficient (Wildman–Crippen LogP) is 4.41. The highest BCUT2D eigenvalue weighted by Crippen LogP contribution is 2.37. The summed E-state index contributed by atoms with van der Waals surface area (Å²) in [5.74, 6) is -0.282. The Balaban J connectivity index is 2.29. The van der Waals surface area contributed by atoms with E-state index in [0.717, 1.165) is 21.1 Å². The highest BCUT2D eigenvalue weighted by molar-refractivity contribution is 8.01. The third kappa shape index (κ3) is 3.49. The van der Waals surface area contributed by atoms with Crippen LogP contribution in [-0.2, 0) is 11.2 Å². The second kappa shape index (κ2) is 6.59. The molecule has 2 rings (SSSR count). The van der Waals surface area contributed by atoms with Gasteiger partial charge < -0.3 is 4.74 Å². The molecule has 0 fully saturated rings. The van der Waals surface area contributed by atoms with Crippen molar-refractivity contribution in [2.24, 2.45) is 0 Å². The van der Waals surface area contributed by atoms with Gasteiger partial charge in [0.15, 0.2) is 0 Å². The monoisotopic (exact) mass is 290 g/mol. The van der Waals surface area contributed by atoms with Crippen LogP contribution >= 0.6 is 23.1 Å². The summed E-state index contributed by atoms with van der Waals surface area (Å²) < 4.78 is 5.89. The van der Waals surface area contributed by atoms with E-state index >= 15 is 0 Å². The maximum Gasteiger partial charge on any atom is 0.348 e. The van der Waals surface area contributed by atoms with Gasteiger partial charge in [0.1, 0.15) is 4.88 Å². The van der Waals surface area contributed by atoms with Gasteiger partial charge in [-0.15, -0.1) is 17.9 Å². The van der Waals surface area contributed by atoms with Crippen LogP contribution < -0.4 is 0 Å². The molecule has 2 nitrogen and oxygen atoms in total. The zero-order valence-corrected chi connectivity index (χ0v) is 12.2. The molecular weight excluding hydrogens is 276 g/mol. The average Bonchev–Trinajstić information content (AvgIpc) is 2.83. The van der Waals surface area contributed by atoms with Crippen LogP contribution in [0.5, 0.6) is 0 Å². The van der Waals surface area contributed by atoms with E-state index in [-0.39, 0.29) is 5.97 Å². The molecule has 1 aromatic carbocycles. The van der Waals surface area contributed by atoms with E-state index in [9.17, 15) is 4.79 Å². The van der Waals surface area contributed by atoms with Crippen LogP contribution in [0.4, 0.5) is 0 Å². The van der Waals surface area contributed by atoms with Crippen LogP contribution in [0.15, 0.2) is 58.2 Å². The predicted molar refractivity (Wildman–Crippen MR) is 80.1 cm³/mol. The second-order valence-electron chi connectivity index (χ2n) is 3.82. The molecule has 0 atom stereocenters. The van der Waals surface area contributed by atoms with E-state index in [1.807, 2.05) is 30.3 Å². The van der Waals surface area contributed by atoms with Gasteiger partial charge in [-0.1, -0.05) is 36.0 Å². The number of hydrogen-bond acceptors (Lipinski definition) is 4. The van der Waals surface area contributed by atoms with Crippen molar-refractivity contribution in [3.63, 3.8) is 0 Å². The normalized spacial score (nSPS) is 10.2. The first-order valence-corrected chi connectivity index (χ1v) is 7.42. The first kappa shape index (κ1) is 13.9. The number of esters is 1. The lowest BCUT2D eigenvalue weighted by Crippen LogP contribution is -1.96. The Bertz CT molecular complexity index is 573. The molecule has 0 radical (unpaired) electrons. The Hall–Kier alpha value is -1.52. The number of carbonyl (C=O) groups excluding carboxylic acids is 1. The van der Waals surface area contributed by atoms with Crippen molar-refractivity contribution in [2.45, 2.75) is 15.5 Å². The van der Waals surface area contributed by atoms with Crippen LogP contribution in [0, 0.1) is 0 Å². The number of thiophene rings is 1. The van der Waals surface area contributed by atoms with Gasteiger partial charge in [-0.25, -0.2) is 4.79 Å². The van der Waals surface area contributed by atoms with Gasteiger partial charge in [0.05, 0.1) is 11.3 Å². The molecule has 1 aromatic heterocycles. The number of ether oxygens (including phenoxy) is 1. The second-order valence-corrected chi connectivity index (χ2v) is 6.22. The van der Waals surface area contributed by atoms with Crippen LogP contribution in [0.2, 0.25) is 0 Å². The lowest BCUT2D eigenvalue weighted by atomic mass is 10.2. The summed E-state index contributed by atoms with van der Waals surface area (Å²) in [6.07, 6.45) is 2.60. The molecule has 98 valence electrons. The number of benzene rings is 1. The standard InChI is InChI=1S/C15H14O2S2/c1-3-7-11-10-13(14(16)17-2)19-15(11)18-12-8-5-4-6-9-12/h3-6,8-10H,1,7H2,2H3. The molecule has 0 aliphatic rings. The summed E-state index contributed by atoms with van der Waals surface area (Å²) >= 11 is 3.13. The molecular formula is C15H14O2S2. The molecule has 19 heavy (non-hydrogen) atoms. The van der Waals surface area contributed by atoms with Gasteiger partial charge >= 0.3 is 5.97 Å². The van der Waals surface area contributed by atoms with Crippen LogP contribution in [0.1, 0.15) is 15.2 Å². The number of methoxy groups -OCH3 is 1. The van der Waals surface area contributed by atoms with E-state index in [4.69, 9.17) is 4.74 Å². The number of hydrogen-bond donors (Lipinski definition) is 0. The molecule has 2 aromatic rings. The van der Waals surface area contributed by atoms with Crippen molar-refractivity contribution in [1.82, 2.24) is 0 Å². The maximum absolute atomic E-state index is 11.6. The number of rotatable bonds is 5. The molecule has 0 aliphatic heterocycles. The van der Waals surface area contributed by atoms with Gasteiger partial charge in [-0.05, 0) is 30.2 Å². The molecule has 4 heteroatoms. The fraction of sp³-hybridized carbons (Fsp3) is 0.133. The fourth-order valence-electron chi connectivity index (χ4n) is 1.59. The van der Waals surface area contributed by atoms with Gasteiger partial charge in [0, 0.05) is 4.90 Å². The molecule has 0 saturated heterocycles. The minimum Gasteiger partial charge on any atom is -0.465 e. The maximum atomic E-state index is 11.6. The Morgan fingerprint density at radius 2 is 2.16 bits per heavy atom. The molecule has 1 heterocycles. The first-order chi connectivity index (χ1) is 9.24. The van der Waals surface area contributed by atoms with Crippen molar-refractivity contribution in [3.05, 3.63) is 59.5 Å². The van der Waals surface area contributed by atoms with E-state index in [0.29, 0.717) is 4.88 Å². The number of allylic oxidation sites excluding steroid dienone is 1. The van der Waals surface area contributed by atoms with Crippen LogP contribution in [0.3, 0.4) is 0 Å². The zero-order valence-electron chi connectivity index (χ0n) is 10.6. The minimum absolute atomic E-state index is 0.282. The Morgan fingerprint density at radius 1 is 1.42 bits per heavy atom. The highest BCUT2D eigenvalue weighted by Gasteiger charge is 2.15. The largest absolute Gasteiger partial charge is 0.465 e. The SMILES string of the molecule is C=CCc1cc(C(=O)OC)sc1Sc1ccccc1. The lowest BCUT2D eigenvalue weighted by Gasteiger charge is -2.00. The smallest absolute Gasteiger partial charge is 0.348 e. The van der Waals surface area contributed by atoms with Crippen LogP contribution in [0.25, 0.3) is 0 Å². The lowest BCUT2D eigenvalue weighted by molar-refractivity contribution is 0.0606. The number of carbonyl (C=O) groups is 1. The Labute approximate surface area is 121 Å². The Morgan fingerprint density at radius 3 is 2.79 bits per heavy atom. The summed E-state index contributed by atoms with van der Waals surface area (Å²) in [6, 6.07) is 12.0. The minimum atomic E-state index is -0.282. The molecule has 0 unspecified atom stereocenters. The van der Waals surface area contributed by atoms with Gasteiger partial charge in [-0.2, -0.15) is 0 Å². The van der Waals surface area contributed by atoms with Crippen molar-refractivity contribution < 1.29 is 9.53 Å². The van der Waals surface area contributed by atoms with Crippen LogP contribution in [-0.4, -0.2) is 13.1 Å². The third-order valence-electron chi connectivity index (χ3n) is 2.47. The summed E-state index contributed by atoms with van der Waals surface area (Å²) in [7, 11) is 1.40. The van der Waals surface area contributed by atoms with Crippen molar-refractivity contribution in [1.29, 1.82) is 0 Å². The summed E-state index contributed by atoms with van der Waals surface area (Å²) in [4.78, 5) is 13.4. The summed E-state index contributed by atoms with van der Waals surface area (Å²) in [5.41, 5.74) is 1.12. The molecule has 0 amide bonds. The van der Waals surface area contributed by atoms with E-state index in [1.54, 1.807) is 11.8 Å². The molecule has 0 spiro atoms. The fourth-order valence-corrected chi connectivity index (χ4v) is 3.94. The van der Waals surface area contributed by atoms with E-state index in [1.165, 1.54) is 18.4 Å². The van der Waals surface area contributed by atoms with Gasteiger partial charge in [0.2, 0.25) is 0 Å². The first-order valence-electron chi connectivity index (χ1n) is 5.79. The topological polar surface area (TPSA) is 26.3 Å². The van der Waals surface area contributed by atoms with Crippen molar-refractivity contribution in [2.75, 3.05) is 7.11 Å². The zero-order chi connectivity index (χ0) is 13.7. The molecule has 0 saturated carbocycles. The van der Waals surface area contributed by atoms with E-state index in [2.05, 4.69) is 18.7 Å². The average molecular weight is 290 g/mol.